The number of amides is 1. The summed E-state index contributed by atoms with van der Waals surface area (Å²) in [4.78, 5) is 28.7. The Labute approximate surface area is 192 Å². The molecule has 1 amide bonds. The quantitative estimate of drug-likeness (QED) is 0.574. The topological polar surface area (TPSA) is 101 Å². The minimum atomic E-state index is -0.571. The summed E-state index contributed by atoms with van der Waals surface area (Å²) in [6.45, 7) is 6.30. The van der Waals surface area contributed by atoms with Gasteiger partial charge in [0.05, 0.1) is 18.3 Å². The van der Waals surface area contributed by atoms with Gasteiger partial charge in [0.2, 0.25) is 5.91 Å². The van der Waals surface area contributed by atoms with Crippen LogP contribution in [0.25, 0.3) is 11.1 Å². The van der Waals surface area contributed by atoms with Gasteiger partial charge in [-0.2, -0.15) is 0 Å². The molecule has 0 fully saturated rings. The van der Waals surface area contributed by atoms with Crippen molar-refractivity contribution in [3.8, 4) is 28.4 Å². The van der Waals surface area contributed by atoms with Crippen LogP contribution in [0.15, 0.2) is 48.8 Å². The van der Waals surface area contributed by atoms with Gasteiger partial charge in [0.15, 0.2) is 5.78 Å². The molecule has 0 unspecified atom stereocenters. The molecule has 0 saturated heterocycles. The molecule has 0 aliphatic carbocycles. The number of fused-ring (bicyclic) bond motifs is 1. The summed E-state index contributed by atoms with van der Waals surface area (Å²) in [5.74, 6) is 1.04. The first-order chi connectivity index (χ1) is 15.8. The molecule has 0 bridgehead atoms. The Balaban J connectivity index is 1.88. The van der Waals surface area contributed by atoms with E-state index in [1.807, 2.05) is 39.0 Å². The van der Waals surface area contributed by atoms with E-state index in [9.17, 15) is 9.59 Å². The van der Waals surface area contributed by atoms with E-state index in [0.29, 0.717) is 59.1 Å². The van der Waals surface area contributed by atoms with Crippen molar-refractivity contribution in [3.63, 3.8) is 0 Å². The Bertz CT molecular complexity index is 1210. The number of pyridine rings is 1. The zero-order chi connectivity index (χ0) is 23.5. The van der Waals surface area contributed by atoms with Crippen molar-refractivity contribution in [2.24, 2.45) is 5.73 Å². The molecule has 2 heterocycles. The normalized spacial score (nSPS) is 12.8. The second-order valence-corrected chi connectivity index (χ2v) is 8.20. The van der Waals surface area contributed by atoms with Gasteiger partial charge in [-0.25, -0.2) is 0 Å². The molecule has 1 aliphatic rings. The Morgan fingerprint density at radius 2 is 1.91 bits per heavy atom. The molecular formula is C26H26N2O5. The number of carbonyl (C=O) groups is 2. The zero-order valence-corrected chi connectivity index (χ0v) is 18.9. The third-order valence-corrected chi connectivity index (χ3v) is 5.34. The number of nitrogens with two attached hydrogens (primary N) is 1. The highest BCUT2D eigenvalue weighted by atomic mass is 16.5. The van der Waals surface area contributed by atoms with Crippen LogP contribution in [-0.2, 0) is 6.61 Å². The number of Topliss-reactive ketones (excluding diaryl/α,β-unsaturated/α-hetero) is 1. The number of nitrogens with zero attached hydrogens (tertiary/aromatic N) is 1. The third kappa shape index (κ3) is 4.82. The lowest BCUT2D eigenvalue weighted by Gasteiger charge is -2.24. The Morgan fingerprint density at radius 1 is 1.15 bits per heavy atom. The number of primary amides is 1. The third-order valence-electron chi connectivity index (χ3n) is 5.34. The van der Waals surface area contributed by atoms with E-state index >= 15 is 0 Å². The molecule has 2 aromatic carbocycles. The van der Waals surface area contributed by atoms with Crippen LogP contribution in [0.3, 0.4) is 0 Å². The van der Waals surface area contributed by atoms with E-state index in [0.717, 1.165) is 11.1 Å². The van der Waals surface area contributed by atoms with Gasteiger partial charge in [0.1, 0.15) is 23.9 Å². The van der Waals surface area contributed by atoms with Crippen LogP contribution in [0.5, 0.6) is 17.2 Å². The van der Waals surface area contributed by atoms with Crippen molar-refractivity contribution in [1.29, 1.82) is 0 Å². The molecule has 1 aliphatic heterocycles. The fourth-order valence-corrected chi connectivity index (χ4v) is 3.83. The molecule has 7 nitrogen and oxygen atoms in total. The highest BCUT2D eigenvalue weighted by molar-refractivity contribution is 6.02. The average Bonchev–Trinajstić information content (AvgIpc) is 2.79. The van der Waals surface area contributed by atoms with E-state index in [1.165, 1.54) is 0 Å². The minimum absolute atomic E-state index is 0.00555. The Hall–Kier alpha value is -3.87. The van der Waals surface area contributed by atoms with Crippen molar-refractivity contribution in [3.05, 3.63) is 71.0 Å². The first-order valence-corrected chi connectivity index (χ1v) is 10.8. The summed E-state index contributed by atoms with van der Waals surface area (Å²) in [6, 6.07) is 10.6. The first kappa shape index (κ1) is 22.3. The van der Waals surface area contributed by atoms with Crippen LogP contribution in [0.4, 0.5) is 0 Å². The summed E-state index contributed by atoms with van der Waals surface area (Å²) in [6.07, 6.45) is 3.62. The van der Waals surface area contributed by atoms with E-state index in [4.69, 9.17) is 19.9 Å². The summed E-state index contributed by atoms with van der Waals surface area (Å²) in [7, 11) is 0. The van der Waals surface area contributed by atoms with Crippen LogP contribution in [0, 0.1) is 6.92 Å². The van der Waals surface area contributed by atoms with Gasteiger partial charge in [0.25, 0.3) is 0 Å². The van der Waals surface area contributed by atoms with Crippen molar-refractivity contribution in [2.45, 2.75) is 39.9 Å². The zero-order valence-electron chi connectivity index (χ0n) is 18.9. The van der Waals surface area contributed by atoms with Gasteiger partial charge in [-0.05, 0) is 68.3 Å². The van der Waals surface area contributed by atoms with E-state index < -0.39 is 5.91 Å². The number of ether oxygens (including phenoxy) is 3. The van der Waals surface area contributed by atoms with Crippen LogP contribution in [0.1, 0.15) is 52.1 Å². The summed E-state index contributed by atoms with van der Waals surface area (Å²) in [5, 5.41) is 0. The van der Waals surface area contributed by atoms with Gasteiger partial charge in [0, 0.05) is 35.5 Å². The van der Waals surface area contributed by atoms with Crippen LogP contribution in [-0.4, -0.2) is 29.4 Å². The summed E-state index contributed by atoms with van der Waals surface area (Å²) < 4.78 is 17.9. The lowest BCUT2D eigenvalue weighted by atomic mass is 9.92. The van der Waals surface area contributed by atoms with Gasteiger partial charge in [-0.15, -0.1) is 0 Å². The maximum atomic E-state index is 12.7. The molecule has 0 spiro atoms. The standard InChI is InChI=1S/C26H26N2O5/c1-15(2)33-20-11-18(10-19(12-20)26(27)30)21-13-22-23(29)6-9-31-25(22)16(3)24(21)32-14-17-4-7-28-8-5-17/h4-5,7-8,10-13,15H,6,9,14H2,1-3H3,(H2,27,30). The molecule has 7 heteroatoms. The van der Waals surface area contributed by atoms with Gasteiger partial charge >= 0.3 is 0 Å². The van der Waals surface area contributed by atoms with E-state index in [-0.39, 0.29) is 11.9 Å². The molecule has 4 rings (SSSR count). The van der Waals surface area contributed by atoms with Crippen molar-refractivity contribution >= 4 is 11.7 Å². The molecule has 0 radical (unpaired) electrons. The molecule has 2 N–H and O–H groups in total. The second kappa shape index (κ2) is 9.32. The van der Waals surface area contributed by atoms with E-state index in [2.05, 4.69) is 4.98 Å². The number of ketones is 1. The predicted molar refractivity (Wildman–Crippen MR) is 124 cm³/mol. The number of benzene rings is 2. The number of rotatable bonds is 7. The minimum Gasteiger partial charge on any atom is -0.492 e. The molecule has 0 atom stereocenters. The molecule has 3 aromatic rings. The van der Waals surface area contributed by atoms with Crippen molar-refractivity contribution in [2.75, 3.05) is 6.61 Å². The van der Waals surface area contributed by atoms with Crippen LogP contribution >= 0.6 is 0 Å². The molecule has 1 aromatic heterocycles. The maximum Gasteiger partial charge on any atom is 0.248 e. The van der Waals surface area contributed by atoms with Crippen LogP contribution in [0.2, 0.25) is 0 Å². The lowest BCUT2D eigenvalue weighted by molar-refractivity contribution is 0.0931. The molecular weight excluding hydrogens is 420 g/mol. The maximum absolute atomic E-state index is 12.7. The van der Waals surface area contributed by atoms with Crippen LogP contribution < -0.4 is 19.9 Å². The number of hydrogen-bond donors (Lipinski definition) is 1. The highest BCUT2D eigenvalue weighted by Gasteiger charge is 2.26. The SMILES string of the molecule is Cc1c2c(cc(-c3cc(OC(C)C)cc(C(N)=O)c3)c1OCc1ccncc1)C(=O)CCO2. The second-order valence-electron chi connectivity index (χ2n) is 8.20. The average molecular weight is 447 g/mol. The first-order valence-electron chi connectivity index (χ1n) is 10.8. The predicted octanol–water partition coefficient (Wildman–Crippen LogP) is 4.49. The fourth-order valence-electron chi connectivity index (χ4n) is 3.83. The number of aromatic nitrogens is 1. The molecule has 33 heavy (non-hydrogen) atoms. The number of carbonyl (C=O) groups excluding carboxylic acids is 2. The van der Waals surface area contributed by atoms with Gasteiger partial charge < -0.3 is 19.9 Å². The Kier molecular flexibility index (Phi) is 6.31. The van der Waals surface area contributed by atoms with Crippen molar-refractivity contribution < 1.29 is 23.8 Å². The Morgan fingerprint density at radius 3 is 2.61 bits per heavy atom. The highest BCUT2D eigenvalue weighted by Crippen LogP contribution is 2.43. The van der Waals surface area contributed by atoms with E-state index in [1.54, 1.807) is 30.6 Å². The summed E-state index contributed by atoms with van der Waals surface area (Å²) >= 11 is 0. The number of hydrogen-bond acceptors (Lipinski definition) is 6. The van der Waals surface area contributed by atoms with Gasteiger partial charge in [-0.3, -0.25) is 14.6 Å². The van der Waals surface area contributed by atoms with Crippen molar-refractivity contribution in [1.82, 2.24) is 4.98 Å². The molecule has 0 saturated carbocycles. The largest absolute Gasteiger partial charge is 0.492 e. The van der Waals surface area contributed by atoms with Gasteiger partial charge in [-0.1, -0.05) is 0 Å². The lowest BCUT2D eigenvalue weighted by Crippen LogP contribution is -2.17. The monoisotopic (exact) mass is 446 g/mol. The summed E-state index contributed by atoms with van der Waals surface area (Å²) in [5.41, 5.74) is 9.39. The molecule has 170 valence electrons. The fraction of sp³-hybridized carbons (Fsp3) is 0.269. The smallest absolute Gasteiger partial charge is 0.248 e.